The Hall–Kier alpha value is -3.92. The summed E-state index contributed by atoms with van der Waals surface area (Å²) in [6.07, 6.45) is 2.94. The number of hydrogen-bond acceptors (Lipinski definition) is 4. The van der Waals surface area contributed by atoms with Crippen LogP contribution in [0, 0.1) is 18.8 Å². The van der Waals surface area contributed by atoms with E-state index in [1.807, 2.05) is 26.8 Å². The smallest absolute Gasteiger partial charge is 0.276 e. The molecule has 0 aliphatic rings. The van der Waals surface area contributed by atoms with Crippen LogP contribution in [0.5, 0.6) is 0 Å². The molecule has 7 heteroatoms. The van der Waals surface area contributed by atoms with Crippen LogP contribution in [0.2, 0.25) is 0 Å². The Balaban J connectivity index is 0.00000136. The van der Waals surface area contributed by atoms with Gasteiger partial charge in [0.05, 0.1) is 5.56 Å². The number of carbonyl (C=O) groups is 2. The molecule has 0 unspecified atom stereocenters. The molecule has 3 rings (SSSR count). The number of carbonyl (C=O) groups excluding carboxylic acids is 2. The maximum Gasteiger partial charge on any atom is 0.276 e. The third-order valence-electron chi connectivity index (χ3n) is 3.43. The van der Waals surface area contributed by atoms with Crippen molar-refractivity contribution in [3.05, 3.63) is 76.9 Å². The van der Waals surface area contributed by atoms with E-state index in [0.29, 0.717) is 28.1 Å². The van der Waals surface area contributed by atoms with Crippen molar-refractivity contribution in [1.29, 1.82) is 0 Å². The number of nitrogens with zero attached hydrogens (tertiary/aromatic N) is 2. The van der Waals surface area contributed by atoms with Gasteiger partial charge in [0.2, 0.25) is 5.91 Å². The Kier molecular flexibility index (Phi) is 7.06. The van der Waals surface area contributed by atoms with E-state index in [9.17, 15) is 9.59 Å². The summed E-state index contributed by atoms with van der Waals surface area (Å²) in [5.74, 6) is 5.03. The van der Waals surface area contributed by atoms with Crippen LogP contribution in [-0.4, -0.2) is 27.0 Å². The lowest BCUT2D eigenvalue weighted by Crippen LogP contribution is -2.12. The summed E-state index contributed by atoms with van der Waals surface area (Å²) in [6.45, 7) is 5.82. The van der Waals surface area contributed by atoms with Crippen LogP contribution in [0.15, 0.2) is 48.8 Å². The van der Waals surface area contributed by atoms with Crippen molar-refractivity contribution in [3.8, 4) is 11.8 Å². The summed E-state index contributed by atoms with van der Waals surface area (Å²) in [5.41, 5.74) is 8.52. The average Bonchev–Trinajstić information content (AvgIpc) is 3.15. The van der Waals surface area contributed by atoms with Crippen LogP contribution in [-0.2, 0) is 0 Å². The number of amides is 2. The fraction of sp³-hybridized carbons (Fsp3) is 0.143. The topological polar surface area (TPSA) is 114 Å². The minimum absolute atomic E-state index is 0.298. The molecule has 0 atom stereocenters. The molecule has 0 aliphatic heterocycles. The molecule has 0 saturated carbocycles. The van der Waals surface area contributed by atoms with Crippen molar-refractivity contribution in [2.45, 2.75) is 20.8 Å². The summed E-state index contributed by atoms with van der Waals surface area (Å²) in [6, 6.07) is 10.3. The van der Waals surface area contributed by atoms with E-state index >= 15 is 0 Å². The van der Waals surface area contributed by atoms with E-state index in [-0.39, 0.29) is 5.91 Å². The molecule has 2 heterocycles. The number of aryl methyl sites for hydroxylation is 1. The lowest BCUT2D eigenvalue weighted by Gasteiger charge is -2.03. The molecule has 28 heavy (non-hydrogen) atoms. The number of rotatable bonds is 3. The zero-order chi connectivity index (χ0) is 20.5. The van der Waals surface area contributed by atoms with E-state index in [0.717, 1.165) is 5.69 Å². The molecule has 0 aliphatic carbocycles. The number of anilines is 1. The van der Waals surface area contributed by atoms with E-state index < -0.39 is 5.91 Å². The fourth-order valence-corrected chi connectivity index (χ4v) is 2.19. The van der Waals surface area contributed by atoms with Crippen molar-refractivity contribution in [2.75, 3.05) is 5.32 Å². The van der Waals surface area contributed by atoms with Gasteiger partial charge in [-0.05, 0) is 37.3 Å². The standard InChI is InChI=1S/C19H15N5O2.C2H6/c1-12-7-17(24-23-12)19(26)22-16-4-2-3-13(9-16)5-6-14-8-15(18(20)25)11-21-10-14;1-2/h2-4,7-11H,1H3,(H2,20,25)(H,22,26)(H,23,24);1-2H3. The van der Waals surface area contributed by atoms with Gasteiger partial charge in [-0.1, -0.05) is 31.8 Å². The van der Waals surface area contributed by atoms with Crippen molar-refractivity contribution in [2.24, 2.45) is 5.73 Å². The number of nitrogens with two attached hydrogens (primary N) is 1. The molecule has 7 nitrogen and oxygen atoms in total. The van der Waals surface area contributed by atoms with Gasteiger partial charge in [-0.15, -0.1) is 0 Å². The van der Waals surface area contributed by atoms with E-state index in [2.05, 4.69) is 32.3 Å². The second-order valence-corrected chi connectivity index (χ2v) is 5.55. The van der Waals surface area contributed by atoms with E-state index in [1.54, 1.807) is 36.5 Å². The molecule has 2 amide bonds. The number of benzene rings is 1. The fourth-order valence-electron chi connectivity index (χ4n) is 2.19. The first-order valence-electron chi connectivity index (χ1n) is 8.71. The molecule has 0 bridgehead atoms. The molecule has 0 radical (unpaired) electrons. The molecule has 0 spiro atoms. The summed E-state index contributed by atoms with van der Waals surface area (Å²) in [7, 11) is 0. The van der Waals surface area contributed by atoms with E-state index in [1.165, 1.54) is 6.20 Å². The van der Waals surface area contributed by atoms with Gasteiger partial charge in [0, 0.05) is 34.9 Å². The summed E-state index contributed by atoms with van der Waals surface area (Å²) in [5, 5.41) is 9.42. The molecular weight excluding hydrogens is 354 g/mol. The average molecular weight is 375 g/mol. The Morgan fingerprint density at radius 1 is 1.07 bits per heavy atom. The first-order valence-corrected chi connectivity index (χ1v) is 8.71. The van der Waals surface area contributed by atoms with Crippen LogP contribution in [0.4, 0.5) is 5.69 Å². The highest BCUT2D eigenvalue weighted by atomic mass is 16.2. The maximum absolute atomic E-state index is 12.1. The number of hydrogen-bond donors (Lipinski definition) is 3. The third-order valence-corrected chi connectivity index (χ3v) is 3.43. The number of nitrogens with one attached hydrogen (secondary N) is 2. The van der Waals surface area contributed by atoms with Crippen molar-refractivity contribution < 1.29 is 9.59 Å². The molecular formula is C21H21N5O2. The van der Waals surface area contributed by atoms with Gasteiger partial charge in [-0.3, -0.25) is 19.7 Å². The first-order chi connectivity index (χ1) is 13.5. The van der Waals surface area contributed by atoms with Crippen molar-refractivity contribution in [3.63, 3.8) is 0 Å². The van der Waals surface area contributed by atoms with Crippen LogP contribution in [0.1, 0.15) is 51.5 Å². The highest BCUT2D eigenvalue weighted by Crippen LogP contribution is 2.12. The van der Waals surface area contributed by atoms with Crippen LogP contribution in [0.3, 0.4) is 0 Å². The van der Waals surface area contributed by atoms with Crippen molar-refractivity contribution >= 4 is 17.5 Å². The zero-order valence-electron chi connectivity index (χ0n) is 15.9. The Bertz CT molecular complexity index is 1040. The minimum atomic E-state index is -0.556. The molecule has 0 saturated heterocycles. The quantitative estimate of drug-likeness (QED) is 0.611. The number of H-pyrrole nitrogens is 1. The third kappa shape index (κ3) is 5.54. The summed E-state index contributed by atoms with van der Waals surface area (Å²) < 4.78 is 0. The Labute approximate surface area is 163 Å². The summed E-state index contributed by atoms with van der Waals surface area (Å²) >= 11 is 0. The molecule has 4 N–H and O–H groups in total. The molecule has 1 aromatic carbocycles. The van der Waals surface area contributed by atoms with E-state index in [4.69, 9.17) is 5.73 Å². The highest BCUT2D eigenvalue weighted by Gasteiger charge is 2.09. The van der Waals surface area contributed by atoms with Crippen molar-refractivity contribution in [1.82, 2.24) is 15.2 Å². The van der Waals surface area contributed by atoms with Gasteiger partial charge in [-0.2, -0.15) is 5.10 Å². The highest BCUT2D eigenvalue weighted by molar-refractivity contribution is 6.03. The second-order valence-electron chi connectivity index (χ2n) is 5.55. The first kappa shape index (κ1) is 20.4. The van der Waals surface area contributed by atoms with Crippen LogP contribution < -0.4 is 11.1 Å². The van der Waals surface area contributed by atoms with Gasteiger partial charge in [-0.25, -0.2) is 0 Å². The lowest BCUT2D eigenvalue weighted by molar-refractivity contribution is 0.0996. The zero-order valence-corrected chi connectivity index (χ0v) is 15.9. The van der Waals surface area contributed by atoms with Gasteiger partial charge < -0.3 is 11.1 Å². The molecule has 3 aromatic rings. The number of aromatic amines is 1. The Morgan fingerprint density at radius 2 is 1.82 bits per heavy atom. The number of primary amides is 1. The Morgan fingerprint density at radius 3 is 2.50 bits per heavy atom. The minimum Gasteiger partial charge on any atom is -0.366 e. The summed E-state index contributed by atoms with van der Waals surface area (Å²) in [4.78, 5) is 27.3. The van der Waals surface area contributed by atoms with Gasteiger partial charge in [0.25, 0.3) is 5.91 Å². The van der Waals surface area contributed by atoms with Crippen LogP contribution >= 0.6 is 0 Å². The number of pyridine rings is 1. The normalized spacial score (nSPS) is 9.39. The van der Waals surface area contributed by atoms with Crippen LogP contribution in [0.25, 0.3) is 0 Å². The monoisotopic (exact) mass is 375 g/mol. The number of aromatic nitrogens is 3. The lowest BCUT2D eigenvalue weighted by atomic mass is 10.1. The molecule has 2 aromatic heterocycles. The largest absolute Gasteiger partial charge is 0.366 e. The van der Waals surface area contributed by atoms with Gasteiger partial charge in [0.15, 0.2) is 5.69 Å². The van der Waals surface area contributed by atoms with Gasteiger partial charge >= 0.3 is 0 Å². The predicted octanol–water partition coefficient (Wildman–Crippen LogP) is 2.89. The molecule has 142 valence electrons. The predicted molar refractivity (Wildman–Crippen MR) is 108 cm³/mol. The van der Waals surface area contributed by atoms with Gasteiger partial charge in [0.1, 0.15) is 0 Å². The molecule has 0 fully saturated rings. The SMILES string of the molecule is CC.Cc1cc(C(=O)Nc2cccc(C#Cc3cncc(C(N)=O)c3)c2)n[nH]1. The second kappa shape index (κ2) is 9.69. The maximum atomic E-state index is 12.1.